The third-order valence-corrected chi connectivity index (χ3v) is 3.69. The summed E-state index contributed by atoms with van der Waals surface area (Å²) in [6.45, 7) is 1.93. The fourth-order valence-corrected chi connectivity index (χ4v) is 1.96. The zero-order valence-corrected chi connectivity index (χ0v) is 12.4. The van der Waals surface area contributed by atoms with Crippen LogP contribution in [0.15, 0.2) is 28.9 Å². The van der Waals surface area contributed by atoms with Gasteiger partial charge >= 0.3 is 5.69 Å². The highest BCUT2D eigenvalue weighted by Gasteiger charge is 2.18. The summed E-state index contributed by atoms with van der Waals surface area (Å²) in [4.78, 5) is 18.4. The monoisotopic (exact) mass is 337 g/mol. The SMILES string of the molecule is CNc1ncc([N+](=O)[O-])c(Nc2cccc(C)c2Br)n1. The number of aromatic nitrogens is 2. The van der Waals surface area contributed by atoms with Crippen molar-refractivity contribution in [3.05, 3.63) is 44.5 Å². The highest BCUT2D eigenvalue weighted by molar-refractivity contribution is 9.10. The number of hydrogen-bond acceptors (Lipinski definition) is 6. The van der Waals surface area contributed by atoms with Gasteiger partial charge in [-0.2, -0.15) is 4.98 Å². The molecule has 0 bridgehead atoms. The molecule has 0 fully saturated rings. The van der Waals surface area contributed by atoms with E-state index in [1.165, 1.54) is 6.20 Å². The van der Waals surface area contributed by atoms with Gasteiger partial charge in [0.15, 0.2) is 0 Å². The van der Waals surface area contributed by atoms with Crippen molar-refractivity contribution >= 4 is 39.1 Å². The molecular weight excluding hydrogens is 326 g/mol. The summed E-state index contributed by atoms with van der Waals surface area (Å²) in [7, 11) is 1.65. The van der Waals surface area contributed by atoms with Crippen LogP contribution in [0.3, 0.4) is 0 Å². The molecule has 0 unspecified atom stereocenters. The van der Waals surface area contributed by atoms with Gasteiger partial charge < -0.3 is 10.6 Å². The minimum atomic E-state index is -0.522. The van der Waals surface area contributed by atoms with E-state index < -0.39 is 4.92 Å². The second-order valence-electron chi connectivity index (χ2n) is 4.00. The summed E-state index contributed by atoms with van der Waals surface area (Å²) in [6, 6.07) is 5.60. The lowest BCUT2D eigenvalue weighted by Gasteiger charge is -2.10. The molecule has 2 aromatic rings. The minimum Gasteiger partial charge on any atom is -0.357 e. The Balaban J connectivity index is 2.46. The third kappa shape index (κ3) is 2.85. The number of nitrogens with zero attached hydrogens (tertiary/aromatic N) is 3. The molecule has 2 rings (SSSR count). The first kappa shape index (κ1) is 14.2. The van der Waals surface area contributed by atoms with Crippen LogP contribution in [-0.2, 0) is 0 Å². The maximum atomic E-state index is 11.0. The van der Waals surface area contributed by atoms with Gasteiger partial charge in [0.1, 0.15) is 6.20 Å². The van der Waals surface area contributed by atoms with Crippen molar-refractivity contribution < 1.29 is 4.92 Å². The van der Waals surface area contributed by atoms with E-state index in [-0.39, 0.29) is 11.5 Å². The number of nitro groups is 1. The molecule has 1 aromatic carbocycles. The van der Waals surface area contributed by atoms with Crippen LogP contribution >= 0.6 is 15.9 Å². The molecule has 20 heavy (non-hydrogen) atoms. The first-order valence-corrected chi connectivity index (χ1v) is 6.53. The van der Waals surface area contributed by atoms with E-state index in [2.05, 4.69) is 36.5 Å². The fraction of sp³-hybridized carbons (Fsp3) is 0.167. The molecule has 8 heteroatoms. The summed E-state index contributed by atoms with van der Waals surface area (Å²) in [5.74, 6) is 0.447. The van der Waals surface area contributed by atoms with Crippen LogP contribution in [0.4, 0.5) is 23.1 Å². The molecule has 0 aliphatic rings. The third-order valence-electron chi connectivity index (χ3n) is 2.63. The topological polar surface area (TPSA) is 93.0 Å². The maximum absolute atomic E-state index is 11.0. The number of benzene rings is 1. The normalized spacial score (nSPS) is 10.2. The average molecular weight is 338 g/mol. The Kier molecular flexibility index (Phi) is 4.14. The van der Waals surface area contributed by atoms with Gasteiger partial charge in [0.05, 0.1) is 10.6 Å². The number of aryl methyl sites for hydroxylation is 1. The maximum Gasteiger partial charge on any atom is 0.329 e. The molecule has 0 saturated heterocycles. The lowest BCUT2D eigenvalue weighted by molar-refractivity contribution is -0.384. The van der Waals surface area contributed by atoms with E-state index in [0.717, 1.165) is 10.0 Å². The zero-order valence-electron chi connectivity index (χ0n) is 10.8. The highest BCUT2D eigenvalue weighted by Crippen LogP contribution is 2.31. The summed E-state index contributed by atoms with van der Waals surface area (Å²) >= 11 is 3.44. The molecule has 1 heterocycles. The molecule has 0 aliphatic heterocycles. The Morgan fingerprint density at radius 2 is 2.15 bits per heavy atom. The average Bonchev–Trinajstić information content (AvgIpc) is 2.43. The summed E-state index contributed by atoms with van der Waals surface area (Å²) in [6.07, 6.45) is 1.17. The summed E-state index contributed by atoms with van der Waals surface area (Å²) in [5.41, 5.74) is 1.53. The van der Waals surface area contributed by atoms with Crippen molar-refractivity contribution in [1.82, 2.24) is 9.97 Å². The standard InChI is InChI=1S/C12H12BrN5O2/c1-7-4-3-5-8(10(7)13)16-11-9(18(19)20)6-15-12(14-2)17-11/h3-6H,1-2H3,(H2,14,15,16,17). The minimum absolute atomic E-state index is 0.139. The largest absolute Gasteiger partial charge is 0.357 e. The van der Waals surface area contributed by atoms with Crippen LogP contribution < -0.4 is 10.6 Å². The van der Waals surface area contributed by atoms with E-state index >= 15 is 0 Å². The molecule has 7 nitrogen and oxygen atoms in total. The van der Waals surface area contributed by atoms with E-state index in [9.17, 15) is 10.1 Å². The van der Waals surface area contributed by atoms with Crippen molar-refractivity contribution in [1.29, 1.82) is 0 Å². The van der Waals surface area contributed by atoms with E-state index in [0.29, 0.717) is 11.6 Å². The number of anilines is 3. The molecular formula is C12H12BrN5O2. The predicted molar refractivity (Wildman–Crippen MR) is 80.4 cm³/mol. The van der Waals surface area contributed by atoms with Crippen LogP contribution in [0.5, 0.6) is 0 Å². The van der Waals surface area contributed by atoms with Crippen LogP contribution in [0.2, 0.25) is 0 Å². The van der Waals surface area contributed by atoms with Crippen molar-refractivity contribution in [3.63, 3.8) is 0 Å². The Morgan fingerprint density at radius 3 is 2.80 bits per heavy atom. The van der Waals surface area contributed by atoms with Gasteiger partial charge in [-0.05, 0) is 34.5 Å². The Hall–Kier alpha value is -2.22. The highest BCUT2D eigenvalue weighted by atomic mass is 79.9. The lowest BCUT2D eigenvalue weighted by atomic mass is 10.2. The first-order valence-electron chi connectivity index (χ1n) is 5.74. The Morgan fingerprint density at radius 1 is 1.40 bits per heavy atom. The smallest absolute Gasteiger partial charge is 0.329 e. The van der Waals surface area contributed by atoms with Gasteiger partial charge in [-0.3, -0.25) is 10.1 Å². The summed E-state index contributed by atoms with van der Waals surface area (Å²) in [5, 5.41) is 16.7. The molecule has 1 aromatic heterocycles. The number of rotatable bonds is 4. The van der Waals surface area contributed by atoms with Gasteiger partial charge in [0.2, 0.25) is 11.8 Å². The van der Waals surface area contributed by atoms with E-state index in [1.807, 2.05) is 25.1 Å². The van der Waals surface area contributed by atoms with Gasteiger partial charge in [-0.15, -0.1) is 0 Å². The lowest BCUT2D eigenvalue weighted by Crippen LogP contribution is -2.04. The van der Waals surface area contributed by atoms with E-state index in [1.54, 1.807) is 7.05 Å². The molecule has 0 atom stereocenters. The predicted octanol–water partition coefficient (Wildman–Crippen LogP) is 3.24. The van der Waals surface area contributed by atoms with Crippen molar-refractivity contribution in [2.75, 3.05) is 17.7 Å². The quantitative estimate of drug-likeness (QED) is 0.657. The van der Waals surface area contributed by atoms with Crippen LogP contribution in [0, 0.1) is 17.0 Å². The number of halogens is 1. The molecule has 0 aliphatic carbocycles. The molecule has 0 amide bonds. The molecule has 0 saturated carbocycles. The second kappa shape index (κ2) is 5.83. The van der Waals surface area contributed by atoms with Crippen LogP contribution in [-0.4, -0.2) is 21.9 Å². The van der Waals surface area contributed by atoms with Crippen molar-refractivity contribution in [2.24, 2.45) is 0 Å². The number of hydrogen-bond donors (Lipinski definition) is 2. The van der Waals surface area contributed by atoms with Gasteiger partial charge in [0.25, 0.3) is 0 Å². The van der Waals surface area contributed by atoms with Crippen molar-refractivity contribution in [2.45, 2.75) is 6.92 Å². The van der Waals surface area contributed by atoms with Gasteiger partial charge in [-0.1, -0.05) is 12.1 Å². The van der Waals surface area contributed by atoms with Crippen LogP contribution in [0.25, 0.3) is 0 Å². The Labute approximate surface area is 123 Å². The van der Waals surface area contributed by atoms with E-state index in [4.69, 9.17) is 0 Å². The summed E-state index contributed by atoms with van der Waals surface area (Å²) < 4.78 is 0.832. The zero-order chi connectivity index (χ0) is 14.7. The Bertz CT molecular complexity index is 662. The second-order valence-corrected chi connectivity index (χ2v) is 4.79. The molecule has 104 valence electrons. The molecule has 0 spiro atoms. The van der Waals surface area contributed by atoms with Crippen molar-refractivity contribution in [3.8, 4) is 0 Å². The van der Waals surface area contributed by atoms with Crippen LogP contribution in [0.1, 0.15) is 5.56 Å². The first-order chi connectivity index (χ1) is 9.52. The number of nitrogens with one attached hydrogen (secondary N) is 2. The fourth-order valence-electron chi connectivity index (χ4n) is 1.59. The van der Waals surface area contributed by atoms with Gasteiger partial charge in [0, 0.05) is 11.5 Å². The van der Waals surface area contributed by atoms with Gasteiger partial charge in [-0.25, -0.2) is 4.98 Å². The molecule has 2 N–H and O–H groups in total. The molecule has 0 radical (unpaired) electrons.